The lowest BCUT2D eigenvalue weighted by molar-refractivity contribution is -0.120. The Morgan fingerprint density at radius 2 is 1.67 bits per heavy atom. The summed E-state index contributed by atoms with van der Waals surface area (Å²) in [6.07, 6.45) is 3.91. The van der Waals surface area contributed by atoms with Gasteiger partial charge in [0, 0.05) is 45.5 Å². The molecule has 42 heavy (non-hydrogen) atoms. The molecule has 2 amide bonds. The molecule has 1 aliphatic heterocycles. The third-order valence-corrected chi connectivity index (χ3v) is 8.17. The Hall–Kier alpha value is -2.90. The van der Waals surface area contributed by atoms with Gasteiger partial charge in [-0.25, -0.2) is 4.79 Å². The third-order valence-electron chi connectivity index (χ3n) is 7.38. The standard InChI is InChI=1S/C30H41BrN2O9/c1-15-10-9-11-21(38-5)28(42-30(32)37)17(3)12-16(2)27(41-8)22(39-6)13-18(4)26(40-7)19-14-20(34)23(31)24(25(19)35)33-29(15)36/h9-12,14,16,18,21-22,26-28H,13H2,1-8H3,(H2,32,37)(H,33,36)/b11-9-,15-10+,17-12+/t16-,18-,21?,22-,26+,27?,28-/m0/s1. The van der Waals surface area contributed by atoms with Gasteiger partial charge in [-0.1, -0.05) is 38.2 Å². The summed E-state index contributed by atoms with van der Waals surface area (Å²) in [7, 11) is 6.04. The minimum atomic E-state index is -0.976. The fourth-order valence-corrected chi connectivity index (χ4v) is 5.63. The zero-order valence-corrected chi connectivity index (χ0v) is 26.9. The second-order valence-electron chi connectivity index (χ2n) is 10.3. The van der Waals surface area contributed by atoms with E-state index in [9.17, 15) is 19.2 Å². The van der Waals surface area contributed by atoms with Crippen LogP contribution in [0.3, 0.4) is 0 Å². The summed E-state index contributed by atoms with van der Waals surface area (Å²) in [4.78, 5) is 51.3. The Labute approximate surface area is 255 Å². The van der Waals surface area contributed by atoms with Crippen molar-refractivity contribution in [2.75, 3.05) is 28.4 Å². The normalized spacial score (nSPS) is 33.6. The molecule has 2 unspecified atom stereocenters. The molecule has 2 bridgehead atoms. The Bertz CT molecular complexity index is 1200. The zero-order chi connectivity index (χ0) is 31.7. The molecule has 2 rings (SSSR count). The number of allylic oxidation sites excluding steroid dienone is 5. The van der Waals surface area contributed by atoms with Crippen molar-refractivity contribution in [2.45, 2.75) is 64.6 Å². The number of nitrogens with one attached hydrogen (secondary N) is 1. The molecule has 2 aliphatic rings. The number of fused-ring (bicyclic) bond motifs is 2. The number of ether oxygens (including phenoxy) is 5. The Morgan fingerprint density at radius 3 is 2.21 bits per heavy atom. The van der Waals surface area contributed by atoms with Crippen LogP contribution in [0.4, 0.5) is 4.79 Å². The molecule has 232 valence electrons. The van der Waals surface area contributed by atoms with Crippen molar-refractivity contribution in [1.82, 2.24) is 5.32 Å². The average Bonchev–Trinajstić information content (AvgIpc) is 2.94. The molecule has 11 nitrogen and oxygen atoms in total. The highest BCUT2D eigenvalue weighted by atomic mass is 79.9. The van der Waals surface area contributed by atoms with Crippen LogP contribution in [-0.4, -0.2) is 82.5 Å². The fraction of sp³-hybridized carbons (Fsp3) is 0.533. The van der Waals surface area contributed by atoms with Gasteiger partial charge in [0.05, 0.1) is 22.8 Å². The van der Waals surface area contributed by atoms with E-state index in [1.165, 1.54) is 26.4 Å². The van der Waals surface area contributed by atoms with Crippen molar-refractivity contribution in [3.05, 3.63) is 57.3 Å². The minimum absolute atomic E-state index is 0.0585. The number of ketones is 2. The first-order valence-electron chi connectivity index (χ1n) is 13.4. The second-order valence-corrected chi connectivity index (χ2v) is 11.1. The Kier molecular flexibility index (Phi) is 13.5. The van der Waals surface area contributed by atoms with E-state index in [4.69, 9.17) is 29.4 Å². The molecule has 0 radical (unpaired) electrons. The molecule has 0 saturated heterocycles. The molecule has 3 N–H and O–H groups in total. The van der Waals surface area contributed by atoms with Gasteiger partial charge in [0.25, 0.3) is 5.91 Å². The topological polar surface area (TPSA) is 152 Å². The third kappa shape index (κ3) is 8.57. The van der Waals surface area contributed by atoms with Gasteiger partial charge in [-0.3, -0.25) is 14.4 Å². The van der Waals surface area contributed by atoms with E-state index < -0.39 is 54.1 Å². The van der Waals surface area contributed by atoms with Crippen molar-refractivity contribution in [3.8, 4) is 0 Å². The summed E-state index contributed by atoms with van der Waals surface area (Å²) in [5.41, 5.74) is 6.22. The van der Waals surface area contributed by atoms with Gasteiger partial charge in [-0.2, -0.15) is 0 Å². The van der Waals surface area contributed by atoms with E-state index >= 15 is 0 Å². The van der Waals surface area contributed by atoms with Crippen LogP contribution in [-0.2, 0) is 38.1 Å². The van der Waals surface area contributed by atoms with Crippen LogP contribution >= 0.6 is 15.9 Å². The highest BCUT2D eigenvalue weighted by Crippen LogP contribution is 2.32. The lowest BCUT2D eigenvalue weighted by atomic mass is 9.84. The molecule has 7 atom stereocenters. The van der Waals surface area contributed by atoms with E-state index in [1.807, 2.05) is 19.9 Å². The summed E-state index contributed by atoms with van der Waals surface area (Å²) in [5.74, 6) is -2.16. The minimum Gasteiger partial charge on any atom is -0.439 e. The van der Waals surface area contributed by atoms with Crippen molar-refractivity contribution < 1.29 is 42.9 Å². The predicted octanol–water partition coefficient (Wildman–Crippen LogP) is 3.44. The number of halogens is 1. The number of hydrogen-bond acceptors (Lipinski definition) is 9. The molecule has 1 aliphatic carbocycles. The summed E-state index contributed by atoms with van der Waals surface area (Å²) in [6.45, 7) is 7.15. The van der Waals surface area contributed by atoms with Crippen LogP contribution in [0.1, 0.15) is 34.1 Å². The molecule has 0 spiro atoms. The quantitative estimate of drug-likeness (QED) is 0.336. The first-order chi connectivity index (χ1) is 19.8. The van der Waals surface area contributed by atoms with E-state index in [-0.39, 0.29) is 33.2 Å². The molecule has 1 heterocycles. The highest BCUT2D eigenvalue weighted by Gasteiger charge is 2.38. The molecule has 0 aromatic rings. The van der Waals surface area contributed by atoms with Gasteiger partial charge < -0.3 is 34.7 Å². The van der Waals surface area contributed by atoms with Gasteiger partial charge >= 0.3 is 6.09 Å². The highest BCUT2D eigenvalue weighted by molar-refractivity contribution is 9.12. The van der Waals surface area contributed by atoms with Gasteiger partial charge in [0.2, 0.25) is 5.78 Å². The SMILES string of the molecule is COC1[C@@H](OC)C[C@H](C)[C@@H](OC)C2=CC(=O)C(Br)=C(NC(=O)/C(C)=C/C=C\C(OC)[C@@H](OC(N)=O)/C(C)=C/[C@@H]1C)C2=O. The molecule has 0 aromatic heterocycles. The fourth-order valence-electron chi connectivity index (χ4n) is 5.23. The smallest absolute Gasteiger partial charge is 0.405 e. The van der Waals surface area contributed by atoms with Crippen LogP contribution in [0.2, 0.25) is 0 Å². The van der Waals surface area contributed by atoms with E-state index in [2.05, 4.69) is 21.2 Å². The number of methoxy groups -OCH3 is 4. The summed E-state index contributed by atoms with van der Waals surface area (Å²) < 4.78 is 28.4. The lowest BCUT2D eigenvalue weighted by Gasteiger charge is -2.34. The monoisotopic (exact) mass is 652 g/mol. The average molecular weight is 654 g/mol. The van der Waals surface area contributed by atoms with Crippen molar-refractivity contribution in [1.29, 1.82) is 0 Å². The number of amides is 2. The van der Waals surface area contributed by atoms with E-state index in [0.717, 1.165) is 0 Å². The summed E-state index contributed by atoms with van der Waals surface area (Å²) in [6, 6.07) is 0. The number of primary amides is 1. The Balaban J connectivity index is 2.70. The van der Waals surface area contributed by atoms with Gasteiger partial charge in [0.1, 0.15) is 11.8 Å². The van der Waals surface area contributed by atoms with Gasteiger partial charge in [-0.15, -0.1) is 0 Å². The first kappa shape index (κ1) is 35.3. The maximum atomic E-state index is 13.6. The van der Waals surface area contributed by atoms with Crippen LogP contribution in [0.15, 0.2) is 57.3 Å². The summed E-state index contributed by atoms with van der Waals surface area (Å²) in [5, 5.41) is 2.56. The van der Waals surface area contributed by atoms with Crippen molar-refractivity contribution >= 4 is 39.5 Å². The number of rotatable bonds is 5. The molecule has 0 saturated carbocycles. The molecular weight excluding hydrogens is 612 g/mol. The Morgan fingerprint density at radius 1 is 1.00 bits per heavy atom. The number of carbonyl (C=O) groups is 4. The van der Waals surface area contributed by atoms with Crippen molar-refractivity contribution in [3.63, 3.8) is 0 Å². The lowest BCUT2D eigenvalue weighted by Crippen LogP contribution is -2.41. The van der Waals surface area contributed by atoms with Crippen LogP contribution in [0.25, 0.3) is 0 Å². The second kappa shape index (κ2) is 16.1. The number of carbonyl (C=O) groups excluding carboxylic acids is 4. The molecular formula is C30H41BrN2O9. The maximum Gasteiger partial charge on any atom is 0.405 e. The van der Waals surface area contributed by atoms with Crippen LogP contribution in [0.5, 0.6) is 0 Å². The van der Waals surface area contributed by atoms with E-state index in [0.29, 0.717) is 12.0 Å². The zero-order valence-electron chi connectivity index (χ0n) is 25.3. The first-order valence-corrected chi connectivity index (χ1v) is 14.2. The molecule has 0 aromatic carbocycles. The number of nitrogens with two attached hydrogens (primary N) is 1. The van der Waals surface area contributed by atoms with Gasteiger partial charge in [0.15, 0.2) is 11.9 Å². The number of hydrogen-bond donors (Lipinski definition) is 2. The number of Topliss-reactive ketones (excluding diaryl/α,β-unsaturated/α-hetero) is 1. The van der Waals surface area contributed by atoms with Crippen molar-refractivity contribution in [2.24, 2.45) is 17.6 Å². The predicted molar refractivity (Wildman–Crippen MR) is 159 cm³/mol. The van der Waals surface area contributed by atoms with Crippen LogP contribution in [0, 0.1) is 11.8 Å². The van der Waals surface area contributed by atoms with Gasteiger partial charge in [-0.05, 0) is 53.8 Å². The summed E-state index contributed by atoms with van der Waals surface area (Å²) >= 11 is 3.16. The largest absolute Gasteiger partial charge is 0.439 e. The maximum absolute atomic E-state index is 13.6. The molecule has 12 heteroatoms. The van der Waals surface area contributed by atoms with E-state index in [1.54, 1.807) is 40.2 Å². The van der Waals surface area contributed by atoms with Crippen LogP contribution < -0.4 is 11.1 Å². The molecule has 0 fully saturated rings.